The summed E-state index contributed by atoms with van der Waals surface area (Å²) in [6.45, 7) is 1.38. The summed E-state index contributed by atoms with van der Waals surface area (Å²) in [6, 6.07) is 1.39. The zero-order chi connectivity index (χ0) is 21.0. The van der Waals surface area contributed by atoms with Crippen LogP contribution in [0.15, 0.2) is 29.7 Å². The lowest BCUT2D eigenvalue weighted by atomic mass is 10.2. The Hall–Kier alpha value is -3.22. The molecule has 154 valence electrons. The van der Waals surface area contributed by atoms with Gasteiger partial charge in [0.15, 0.2) is 23.8 Å². The Balaban J connectivity index is 1.68. The number of esters is 2. The number of alkyl halides is 2. The minimum absolute atomic E-state index is 0.149. The van der Waals surface area contributed by atoms with Gasteiger partial charge in [0.05, 0.1) is 0 Å². The molecule has 1 aliphatic heterocycles. The van der Waals surface area contributed by atoms with E-state index in [4.69, 9.17) is 14.2 Å². The predicted octanol–water partition coefficient (Wildman–Crippen LogP) is -0.149. The first-order valence-corrected chi connectivity index (χ1v) is 8.48. The summed E-state index contributed by atoms with van der Waals surface area (Å²) in [5.41, 5.74) is -3.03. The lowest BCUT2D eigenvalue weighted by Crippen LogP contribution is -2.40. The van der Waals surface area contributed by atoms with Crippen LogP contribution >= 0.6 is 0 Å². The number of carbonyl (C=O) groups is 2. The molecule has 0 amide bonds. The summed E-state index contributed by atoms with van der Waals surface area (Å²) >= 11 is 0. The van der Waals surface area contributed by atoms with E-state index in [2.05, 4.69) is 15.1 Å². The lowest BCUT2D eigenvalue weighted by molar-refractivity contribution is -0.184. The van der Waals surface area contributed by atoms with Crippen LogP contribution in [0.5, 0.6) is 0 Å². The summed E-state index contributed by atoms with van der Waals surface area (Å²) < 4.78 is 46.4. The molecule has 4 atom stereocenters. The highest BCUT2D eigenvalue weighted by Gasteiger charge is 2.91. The van der Waals surface area contributed by atoms with Crippen molar-refractivity contribution in [2.24, 2.45) is 5.92 Å². The van der Waals surface area contributed by atoms with Crippen LogP contribution in [0.1, 0.15) is 20.1 Å². The molecular formula is C16H15F2N5O6. The minimum atomic E-state index is -3.41. The summed E-state index contributed by atoms with van der Waals surface area (Å²) in [5.74, 6) is -6.43. The van der Waals surface area contributed by atoms with Crippen molar-refractivity contribution in [2.75, 3.05) is 6.61 Å². The SMILES string of the molecule is CC(=O)OC[C@]12O[C@@H](n3ccc(-n4cncn4)nc3=O)[C@H](OC(C)=O)[C@H]1C2(F)F. The van der Waals surface area contributed by atoms with Crippen molar-refractivity contribution in [2.45, 2.75) is 37.7 Å². The first kappa shape index (κ1) is 19.1. The van der Waals surface area contributed by atoms with Crippen molar-refractivity contribution in [3.8, 4) is 5.82 Å². The quantitative estimate of drug-likeness (QED) is 0.617. The van der Waals surface area contributed by atoms with Gasteiger partial charge in [-0.15, -0.1) is 0 Å². The molecule has 0 N–H and O–H groups in total. The third-order valence-electron chi connectivity index (χ3n) is 4.85. The van der Waals surface area contributed by atoms with Crippen molar-refractivity contribution < 1.29 is 32.6 Å². The standard InChI is InChI=1S/C16H15F2N5O6/c1-8(24)27-5-15-12(16(15,17)18)11(28-9(2)25)13(29-15)22-4-3-10(21-14(22)26)23-7-19-6-20-23/h3-4,6-7,11-13H,5H2,1-2H3/t11-,12-,13-,15+/m1/s1. The number of hydrogen-bond donors (Lipinski definition) is 0. The first-order chi connectivity index (χ1) is 13.7. The van der Waals surface area contributed by atoms with Gasteiger partial charge in [0, 0.05) is 20.0 Å². The summed E-state index contributed by atoms with van der Waals surface area (Å²) in [4.78, 5) is 42.7. The minimum Gasteiger partial charge on any atom is -0.463 e. The van der Waals surface area contributed by atoms with Crippen LogP contribution in [-0.2, 0) is 23.8 Å². The van der Waals surface area contributed by atoms with E-state index >= 15 is 0 Å². The van der Waals surface area contributed by atoms with Crippen LogP contribution < -0.4 is 5.69 Å². The number of rotatable bonds is 5. The molecule has 0 bridgehead atoms. The molecule has 1 aliphatic carbocycles. The van der Waals surface area contributed by atoms with Gasteiger partial charge in [-0.25, -0.2) is 23.2 Å². The number of aromatic nitrogens is 5. The third kappa shape index (κ3) is 2.88. The zero-order valence-corrected chi connectivity index (χ0v) is 15.2. The molecule has 1 saturated heterocycles. The highest BCUT2D eigenvalue weighted by Crippen LogP contribution is 2.70. The highest BCUT2D eigenvalue weighted by atomic mass is 19.3. The molecule has 11 nitrogen and oxygen atoms in total. The second-order valence-electron chi connectivity index (χ2n) is 6.67. The summed E-state index contributed by atoms with van der Waals surface area (Å²) in [7, 11) is 0. The van der Waals surface area contributed by atoms with Crippen molar-refractivity contribution in [1.82, 2.24) is 24.3 Å². The second kappa shape index (κ2) is 6.40. The fourth-order valence-electron chi connectivity index (χ4n) is 3.54. The van der Waals surface area contributed by atoms with Crippen LogP contribution in [0.25, 0.3) is 5.82 Å². The maximum atomic E-state index is 14.5. The second-order valence-corrected chi connectivity index (χ2v) is 6.67. The maximum Gasteiger partial charge on any atom is 0.351 e. The zero-order valence-electron chi connectivity index (χ0n) is 15.2. The highest BCUT2D eigenvalue weighted by molar-refractivity contribution is 5.67. The topological polar surface area (TPSA) is 127 Å². The van der Waals surface area contributed by atoms with Gasteiger partial charge in [-0.2, -0.15) is 10.1 Å². The molecule has 4 rings (SSSR count). The van der Waals surface area contributed by atoms with Crippen molar-refractivity contribution in [3.05, 3.63) is 35.4 Å². The molecule has 0 aromatic carbocycles. The maximum absolute atomic E-state index is 14.5. The molecule has 2 aliphatic rings. The van der Waals surface area contributed by atoms with Crippen LogP contribution in [-0.4, -0.2) is 60.5 Å². The van der Waals surface area contributed by atoms with E-state index in [0.29, 0.717) is 0 Å². The Kier molecular flexibility index (Phi) is 4.22. The van der Waals surface area contributed by atoms with E-state index in [1.165, 1.54) is 29.6 Å². The van der Waals surface area contributed by atoms with Crippen LogP contribution in [0.2, 0.25) is 0 Å². The van der Waals surface area contributed by atoms with Gasteiger partial charge in [-0.1, -0.05) is 0 Å². The number of hydrogen-bond acceptors (Lipinski definition) is 9. The van der Waals surface area contributed by atoms with Crippen molar-refractivity contribution in [1.29, 1.82) is 0 Å². The Morgan fingerprint density at radius 3 is 2.66 bits per heavy atom. The van der Waals surface area contributed by atoms with Gasteiger partial charge in [0.2, 0.25) is 0 Å². The van der Waals surface area contributed by atoms with Gasteiger partial charge in [-0.3, -0.25) is 14.2 Å². The monoisotopic (exact) mass is 411 g/mol. The average Bonchev–Trinajstić information content (AvgIpc) is 3.07. The van der Waals surface area contributed by atoms with E-state index in [9.17, 15) is 23.2 Å². The largest absolute Gasteiger partial charge is 0.463 e. The van der Waals surface area contributed by atoms with Crippen LogP contribution in [0.3, 0.4) is 0 Å². The van der Waals surface area contributed by atoms with Crippen LogP contribution in [0.4, 0.5) is 8.78 Å². The Labute approximate surface area is 161 Å². The van der Waals surface area contributed by atoms with E-state index < -0.39 is 54.0 Å². The predicted molar refractivity (Wildman–Crippen MR) is 86.9 cm³/mol. The molecule has 0 radical (unpaired) electrons. The third-order valence-corrected chi connectivity index (χ3v) is 4.85. The number of nitrogens with zero attached hydrogens (tertiary/aromatic N) is 5. The van der Waals surface area contributed by atoms with E-state index in [0.717, 1.165) is 18.4 Å². The molecular weight excluding hydrogens is 396 g/mol. The Morgan fingerprint density at radius 1 is 1.31 bits per heavy atom. The summed E-state index contributed by atoms with van der Waals surface area (Å²) in [6.07, 6.45) is 0.983. The normalized spacial score (nSPS) is 29.2. The van der Waals surface area contributed by atoms with E-state index in [1.54, 1.807) is 0 Å². The van der Waals surface area contributed by atoms with Gasteiger partial charge < -0.3 is 14.2 Å². The molecule has 0 spiro atoms. The molecule has 2 fully saturated rings. The summed E-state index contributed by atoms with van der Waals surface area (Å²) in [5, 5.41) is 3.85. The van der Waals surface area contributed by atoms with Crippen molar-refractivity contribution >= 4 is 11.9 Å². The lowest BCUT2D eigenvalue weighted by Gasteiger charge is -2.26. The molecule has 13 heteroatoms. The molecule has 0 unspecified atom stereocenters. The Bertz CT molecular complexity index is 1030. The van der Waals surface area contributed by atoms with Gasteiger partial charge in [-0.05, 0) is 6.07 Å². The van der Waals surface area contributed by atoms with E-state index in [-0.39, 0.29) is 5.82 Å². The molecule has 1 saturated carbocycles. The van der Waals surface area contributed by atoms with Crippen molar-refractivity contribution in [3.63, 3.8) is 0 Å². The Morgan fingerprint density at radius 2 is 2.07 bits per heavy atom. The van der Waals surface area contributed by atoms with Gasteiger partial charge >= 0.3 is 17.6 Å². The fraction of sp³-hybridized carbons (Fsp3) is 0.500. The number of ether oxygens (including phenoxy) is 3. The molecule has 3 heterocycles. The fourth-order valence-corrected chi connectivity index (χ4v) is 3.54. The van der Waals surface area contributed by atoms with E-state index in [1.807, 2.05) is 0 Å². The van der Waals surface area contributed by atoms with Gasteiger partial charge in [0.1, 0.15) is 25.2 Å². The van der Waals surface area contributed by atoms with Gasteiger partial charge in [0.25, 0.3) is 5.92 Å². The average molecular weight is 411 g/mol. The number of carbonyl (C=O) groups excluding carboxylic acids is 2. The molecule has 2 aromatic rings. The van der Waals surface area contributed by atoms with Crippen LogP contribution in [0, 0.1) is 5.92 Å². The smallest absolute Gasteiger partial charge is 0.351 e. The molecule has 2 aromatic heterocycles. The number of halogens is 2. The molecule has 29 heavy (non-hydrogen) atoms. The number of fused-ring (bicyclic) bond motifs is 1. The first-order valence-electron chi connectivity index (χ1n) is 8.48.